The van der Waals surface area contributed by atoms with Crippen LogP contribution in [-0.2, 0) is 6.42 Å². The highest BCUT2D eigenvalue weighted by Gasteiger charge is 2.19. The van der Waals surface area contributed by atoms with Crippen LogP contribution in [0.4, 0.5) is 4.39 Å². The number of halogens is 3. The standard InChI is InChI=1S/C15H21BrClF/c1-3-5-7-11(4-2)13(16)10-12-14(17)8-6-9-15(12)18/h6,8-9,11,13H,3-5,7,10H2,1-2H3. The lowest BCUT2D eigenvalue weighted by Crippen LogP contribution is -2.17. The maximum Gasteiger partial charge on any atom is 0.127 e. The van der Waals surface area contributed by atoms with Crippen molar-refractivity contribution in [3.05, 3.63) is 34.6 Å². The van der Waals surface area contributed by atoms with E-state index in [1.807, 2.05) is 0 Å². The van der Waals surface area contributed by atoms with Crippen LogP contribution in [0.3, 0.4) is 0 Å². The van der Waals surface area contributed by atoms with E-state index in [1.165, 1.54) is 25.3 Å². The highest BCUT2D eigenvalue weighted by molar-refractivity contribution is 9.09. The van der Waals surface area contributed by atoms with Gasteiger partial charge < -0.3 is 0 Å². The van der Waals surface area contributed by atoms with Gasteiger partial charge in [-0.1, -0.05) is 66.7 Å². The molecular formula is C15H21BrClF. The van der Waals surface area contributed by atoms with Gasteiger partial charge in [-0.15, -0.1) is 0 Å². The Balaban J connectivity index is 2.70. The van der Waals surface area contributed by atoms with Gasteiger partial charge in [-0.25, -0.2) is 4.39 Å². The van der Waals surface area contributed by atoms with Gasteiger partial charge >= 0.3 is 0 Å². The van der Waals surface area contributed by atoms with Crippen molar-refractivity contribution in [3.8, 4) is 0 Å². The van der Waals surface area contributed by atoms with Gasteiger partial charge in [0.1, 0.15) is 5.82 Å². The lowest BCUT2D eigenvalue weighted by Gasteiger charge is -2.21. The van der Waals surface area contributed by atoms with Gasteiger partial charge in [0.05, 0.1) is 0 Å². The van der Waals surface area contributed by atoms with Crippen molar-refractivity contribution >= 4 is 27.5 Å². The topological polar surface area (TPSA) is 0 Å². The summed E-state index contributed by atoms with van der Waals surface area (Å²) < 4.78 is 13.7. The Labute approximate surface area is 123 Å². The van der Waals surface area contributed by atoms with E-state index in [-0.39, 0.29) is 5.82 Å². The van der Waals surface area contributed by atoms with Gasteiger partial charge in [0.2, 0.25) is 0 Å². The van der Waals surface area contributed by atoms with Crippen LogP contribution in [0.15, 0.2) is 18.2 Å². The summed E-state index contributed by atoms with van der Waals surface area (Å²) >= 11 is 9.78. The largest absolute Gasteiger partial charge is 0.207 e. The van der Waals surface area contributed by atoms with Crippen molar-refractivity contribution in [1.29, 1.82) is 0 Å². The van der Waals surface area contributed by atoms with Crippen LogP contribution in [0.25, 0.3) is 0 Å². The average molecular weight is 336 g/mol. The average Bonchev–Trinajstić information content (AvgIpc) is 2.35. The smallest absolute Gasteiger partial charge is 0.127 e. The molecular weight excluding hydrogens is 315 g/mol. The van der Waals surface area contributed by atoms with Crippen LogP contribution < -0.4 is 0 Å². The second-order valence-corrected chi connectivity index (χ2v) is 6.31. The van der Waals surface area contributed by atoms with Gasteiger partial charge in [0.25, 0.3) is 0 Å². The zero-order valence-corrected chi connectivity index (χ0v) is 13.4. The summed E-state index contributed by atoms with van der Waals surface area (Å²) in [5.41, 5.74) is 0.635. The van der Waals surface area contributed by atoms with Crippen LogP contribution in [0.2, 0.25) is 5.02 Å². The lowest BCUT2D eigenvalue weighted by molar-refractivity contribution is 0.434. The van der Waals surface area contributed by atoms with Crippen molar-refractivity contribution in [2.45, 2.75) is 50.8 Å². The molecule has 102 valence electrons. The minimum atomic E-state index is -0.197. The summed E-state index contributed by atoms with van der Waals surface area (Å²) in [6.45, 7) is 4.39. The van der Waals surface area contributed by atoms with Gasteiger partial charge in [-0.2, -0.15) is 0 Å². The second-order valence-electron chi connectivity index (χ2n) is 4.73. The van der Waals surface area contributed by atoms with Gasteiger partial charge in [0.15, 0.2) is 0 Å². The number of hydrogen-bond donors (Lipinski definition) is 0. The Hall–Kier alpha value is -0.0800. The Morgan fingerprint density at radius 1 is 1.33 bits per heavy atom. The maximum atomic E-state index is 13.7. The molecule has 0 aliphatic heterocycles. The number of alkyl halides is 1. The van der Waals surface area contributed by atoms with Crippen molar-refractivity contribution in [2.24, 2.45) is 5.92 Å². The fourth-order valence-corrected chi connectivity index (χ4v) is 3.40. The molecule has 0 saturated heterocycles. The monoisotopic (exact) mass is 334 g/mol. The normalized spacial score (nSPS) is 14.5. The lowest BCUT2D eigenvalue weighted by atomic mass is 9.92. The molecule has 0 aromatic heterocycles. The SMILES string of the molecule is CCCCC(CC)C(Br)Cc1c(F)cccc1Cl. The summed E-state index contributed by atoms with van der Waals surface area (Å²) in [6, 6.07) is 4.89. The minimum Gasteiger partial charge on any atom is -0.207 e. The summed E-state index contributed by atoms with van der Waals surface area (Å²) in [6.07, 6.45) is 5.40. The van der Waals surface area contributed by atoms with E-state index in [9.17, 15) is 4.39 Å². The van der Waals surface area contributed by atoms with Crippen LogP contribution >= 0.6 is 27.5 Å². The summed E-state index contributed by atoms with van der Waals surface area (Å²) in [7, 11) is 0. The fraction of sp³-hybridized carbons (Fsp3) is 0.600. The Kier molecular flexibility index (Phi) is 7.25. The molecule has 0 radical (unpaired) electrons. The van der Waals surface area contributed by atoms with E-state index in [0.29, 0.717) is 27.8 Å². The van der Waals surface area contributed by atoms with Crippen molar-refractivity contribution in [2.75, 3.05) is 0 Å². The minimum absolute atomic E-state index is 0.197. The third-order valence-electron chi connectivity index (χ3n) is 3.43. The first kappa shape index (κ1) is 16.0. The molecule has 0 fully saturated rings. The molecule has 2 unspecified atom stereocenters. The highest BCUT2D eigenvalue weighted by Crippen LogP contribution is 2.29. The van der Waals surface area contributed by atoms with Crippen molar-refractivity contribution in [3.63, 3.8) is 0 Å². The molecule has 0 aliphatic rings. The Morgan fingerprint density at radius 3 is 2.61 bits per heavy atom. The molecule has 1 rings (SSSR count). The third kappa shape index (κ3) is 4.55. The fourth-order valence-electron chi connectivity index (χ4n) is 2.20. The number of benzene rings is 1. The zero-order chi connectivity index (χ0) is 13.5. The molecule has 2 atom stereocenters. The van der Waals surface area contributed by atoms with E-state index in [0.717, 1.165) is 6.42 Å². The molecule has 0 N–H and O–H groups in total. The molecule has 3 heteroatoms. The van der Waals surface area contributed by atoms with E-state index < -0.39 is 0 Å². The first-order valence-electron chi connectivity index (χ1n) is 6.67. The molecule has 0 amide bonds. The summed E-state index contributed by atoms with van der Waals surface area (Å²) in [5, 5.41) is 0.532. The summed E-state index contributed by atoms with van der Waals surface area (Å²) in [5.74, 6) is 0.387. The van der Waals surface area contributed by atoms with E-state index in [1.54, 1.807) is 12.1 Å². The van der Waals surface area contributed by atoms with Crippen LogP contribution in [0.5, 0.6) is 0 Å². The predicted molar refractivity (Wildman–Crippen MR) is 81.1 cm³/mol. The van der Waals surface area contributed by atoms with Crippen LogP contribution in [0.1, 0.15) is 45.1 Å². The molecule has 0 bridgehead atoms. The molecule has 0 nitrogen and oxygen atoms in total. The number of hydrogen-bond acceptors (Lipinski definition) is 0. The maximum absolute atomic E-state index is 13.7. The second kappa shape index (κ2) is 8.16. The Morgan fingerprint density at radius 2 is 2.06 bits per heavy atom. The third-order valence-corrected chi connectivity index (χ3v) is 4.85. The molecule has 0 aliphatic carbocycles. The molecule has 18 heavy (non-hydrogen) atoms. The van der Waals surface area contributed by atoms with Crippen LogP contribution in [0, 0.1) is 11.7 Å². The van der Waals surface area contributed by atoms with E-state index in [4.69, 9.17) is 11.6 Å². The van der Waals surface area contributed by atoms with E-state index >= 15 is 0 Å². The molecule has 0 saturated carbocycles. The first-order chi connectivity index (χ1) is 8.60. The van der Waals surface area contributed by atoms with Gasteiger partial charge in [-0.05, 0) is 30.9 Å². The number of unbranched alkanes of at least 4 members (excludes halogenated alkanes) is 1. The van der Waals surface area contributed by atoms with Crippen molar-refractivity contribution < 1.29 is 4.39 Å². The number of rotatable bonds is 7. The Bertz CT molecular complexity index is 347. The van der Waals surface area contributed by atoms with Crippen LogP contribution in [-0.4, -0.2) is 4.83 Å². The molecule has 1 aromatic rings. The quantitative estimate of drug-likeness (QED) is 0.536. The van der Waals surface area contributed by atoms with Gasteiger partial charge in [-0.3, -0.25) is 0 Å². The molecule has 0 spiro atoms. The zero-order valence-electron chi connectivity index (χ0n) is 11.1. The van der Waals surface area contributed by atoms with E-state index in [2.05, 4.69) is 29.8 Å². The first-order valence-corrected chi connectivity index (χ1v) is 7.96. The molecule has 1 aromatic carbocycles. The van der Waals surface area contributed by atoms with Gasteiger partial charge in [0, 0.05) is 15.4 Å². The summed E-state index contributed by atoms with van der Waals surface area (Å²) in [4.78, 5) is 0.295. The highest BCUT2D eigenvalue weighted by atomic mass is 79.9. The molecule has 0 heterocycles. The van der Waals surface area contributed by atoms with Crippen molar-refractivity contribution in [1.82, 2.24) is 0 Å². The predicted octanol–water partition coefficient (Wildman–Crippen LogP) is 6.00.